The number of amides is 2. The van der Waals surface area contributed by atoms with Crippen LogP contribution in [0.4, 0.5) is 17.5 Å². The average molecular weight is 979 g/mol. The van der Waals surface area contributed by atoms with Gasteiger partial charge in [-0.15, -0.1) is 5.10 Å². The number of phenols is 3. The number of piperazine rings is 2. The average Bonchev–Trinajstić information content (AvgIpc) is 3.77. The van der Waals surface area contributed by atoms with E-state index in [9.17, 15) is 30.0 Å². The highest BCUT2D eigenvalue weighted by molar-refractivity contribution is 5.95. The van der Waals surface area contributed by atoms with Crippen molar-refractivity contribution in [1.29, 1.82) is 0 Å². The van der Waals surface area contributed by atoms with Gasteiger partial charge in [0.1, 0.15) is 23.1 Å². The standard InChI is InChI=1S/C54H66N12O6/c1-3-6-40-30-45(49(70)32-48(40)69)52-58-59-54(72)66(52)41-11-9-37(10-12-41)33-60-21-23-61(24-22-60)34-38-14-18-63(19-15-38)50(71)13-17-55-53-56-46-35-65(47-31-42(68)29-39-7-4-5-8-43(39)47)20-16-44(46)51(57-53)64-27-25-62(26-28-64)36(2)67/h4-5,7-12,29-32,38,68-70H,3,6,13-28,33-35H2,1-2H3,(H,59,72)(H,55,56,57). The van der Waals surface area contributed by atoms with Crippen LogP contribution in [0.3, 0.4) is 0 Å². The zero-order chi connectivity index (χ0) is 49.9. The van der Waals surface area contributed by atoms with Gasteiger partial charge < -0.3 is 50.2 Å². The molecule has 0 saturated carbocycles. The van der Waals surface area contributed by atoms with Gasteiger partial charge in [0, 0.05) is 134 Å². The Kier molecular flexibility index (Phi) is 14.3. The van der Waals surface area contributed by atoms with Crippen molar-refractivity contribution in [2.75, 3.05) is 100 Å². The summed E-state index contributed by atoms with van der Waals surface area (Å²) in [7, 11) is 0. The fourth-order valence-electron chi connectivity index (χ4n) is 11.0. The summed E-state index contributed by atoms with van der Waals surface area (Å²) in [5, 5.41) is 55.9. The fraction of sp³-hybridized carbons (Fsp3) is 0.444. The van der Waals surface area contributed by atoms with Gasteiger partial charge in [0.05, 0.1) is 23.5 Å². The number of carbonyl (C=O) groups is 2. The molecule has 2 aromatic heterocycles. The molecule has 0 unspecified atom stereocenters. The molecule has 6 heterocycles. The second kappa shape index (κ2) is 21.3. The molecular formula is C54H66N12O6. The molecule has 5 N–H and O–H groups in total. The number of phenolic OH excluding ortho intramolecular Hbond substituents is 3. The molecule has 0 bridgehead atoms. The lowest BCUT2D eigenvalue weighted by Gasteiger charge is -2.39. The zero-order valence-corrected chi connectivity index (χ0v) is 41.4. The number of hydrogen-bond acceptors (Lipinski definition) is 15. The lowest BCUT2D eigenvalue weighted by Crippen LogP contribution is -2.49. The Morgan fingerprint density at radius 3 is 2.25 bits per heavy atom. The molecule has 378 valence electrons. The van der Waals surface area contributed by atoms with E-state index in [-0.39, 0.29) is 40.9 Å². The van der Waals surface area contributed by atoms with Gasteiger partial charge in [0.15, 0.2) is 5.82 Å². The smallest absolute Gasteiger partial charge is 0.319 e. The fourth-order valence-corrected chi connectivity index (χ4v) is 11.0. The predicted octanol–water partition coefficient (Wildman–Crippen LogP) is 5.74. The first-order valence-electron chi connectivity index (χ1n) is 25.6. The van der Waals surface area contributed by atoms with Crippen molar-refractivity contribution in [3.8, 4) is 40.3 Å². The minimum absolute atomic E-state index is 0.0254. The molecule has 4 aliphatic rings. The number of likely N-dealkylation sites (tertiary alicyclic amines) is 1. The minimum Gasteiger partial charge on any atom is -0.508 e. The number of fused-ring (bicyclic) bond motifs is 2. The number of aryl methyl sites for hydroxylation is 1. The number of nitrogens with zero attached hydrogens (tertiary/aromatic N) is 11. The maximum Gasteiger partial charge on any atom is 0.319 e. The molecule has 0 spiro atoms. The summed E-state index contributed by atoms with van der Waals surface area (Å²) in [6.07, 6.45) is 4.51. The Morgan fingerprint density at radius 2 is 1.50 bits per heavy atom. The molecule has 18 nitrogen and oxygen atoms in total. The molecular weight excluding hydrogens is 913 g/mol. The van der Waals surface area contributed by atoms with E-state index in [4.69, 9.17) is 9.97 Å². The lowest BCUT2D eigenvalue weighted by atomic mass is 9.95. The quantitative estimate of drug-likeness (QED) is 0.0884. The van der Waals surface area contributed by atoms with E-state index in [1.807, 2.05) is 65.3 Å². The van der Waals surface area contributed by atoms with Gasteiger partial charge in [-0.05, 0) is 72.4 Å². The van der Waals surface area contributed by atoms with Crippen molar-refractivity contribution in [1.82, 2.24) is 44.3 Å². The third-order valence-electron chi connectivity index (χ3n) is 15.0. The van der Waals surface area contributed by atoms with E-state index < -0.39 is 0 Å². The lowest BCUT2D eigenvalue weighted by molar-refractivity contribution is -0.132. The van der Waals surface area contributed by atoms with E-state index in [1.54, 1.807) is 19.1 Å². The molecule has 0 aliphatic carbocycles. The third kappa shape index (κ3) is 10.6. The monoisotopic (exact) mass is 979 g/mol. The number of benzene rings is 4. The summed E-state index contributed by atoms with van der Waals surface area (Å²) < 4.78 is 1.50. The van der Waals surface area contributed by atoms with Gasteiger partial charge in [-0.3, -0.25) is 14.5 Å². The Balaban J connectivity index is 0.696. The molecule has 6 aromatic rings. The first kappa shape index (κ1) is 48.4. The molecule has 4 aromatic carbocycles. The van der Waals surface area contributed by atoms with E-state index in [0.29, 0.717) is 80.8 Å². The number of carbonyl (C=O) groups excluding carboxylic acids is 2. The SMILES string of the molecule is CCCc1cc(-c2nnc(O)n2-c2ccc(CN3CCN(CC4CCN(C(=O)CCNc5nc6c(c(N7CCN(C(C)=O)CC7)n5)CCN(c5cc(O)cc7ccccc57)C6)CC4)CC3)cc2)c(O)cc1O. The normalized spacial score (nSPS) is 17.1. The second-order valence-electron chi connectivity index (χ2n) is 19.8. The van der Waals surface area contributed by atoms with E-state index >= 15 is 0 Å². The van der Waals surface area contributed by atoms with Crippen LogP contribution in [0.1, 0.15) is 61.9 Å². The summed E-state index contributed by atoms with van der Waals surface area (Å²) in [6.45, 7) is 15.3. The van der Waals surface area contributed by atoms with Crippen LogP contribution in [-0.4, -0.2) is 162 Å². The number of aromatic nitrogens is 5. The third-order valence-corrected chi connectivity index (χ3v) is 15.0. The van der Waals surface area contributed by atoms with Crippen LogP contribution in [0.25, 0.3) is 27.8 Å². The Labute approximate surface area is 420 Å². The van der Waals surface area contributed by atoms with Crippen LogP contribution in [0.15, 0.2) is 72.8 Å². The highest BCUT2D eigenvalue weighted by Gasteiger charge is 2.30. The molecule has 2 amide bonds. The summed E-state index contributed by atoms with van der Waals surface area (Å²) in [6, 6.07) is 22.4. The summed E-state index contributed by atoms with van der Waals surface area (Å²) in [5.41, 5.74) is 5.90. The summed E-state index contributed by atoms with van der Waals surface area (Å²) in [5.74, 6) is 2.56. The van der Waals surface area contributed by atoms with Crippen LogP contribution >= 0.6 is 0 Å². The van der Waals surface area contributed by atoms with Gasteiger partial charge in [0.25, 0.3) is 0 Å². The molecule has 18 heteroatoms. The Bertz CT molecular complexity index is 2900. The van der Waals surface area contributed by atoms with Crippen LogP contribution in [0.5, 0.6) is 23.3 Å². The zero-order valence-electron chi connectivity index (χ0n) is 41.4. The van der Waals surface area contributed by atoms with E-state index in [0.717, 1.165) is 124 Å². The molecule has 0 atom stereocenters. The first-order chi connectivity index (χ1) is 35.0. The number of hydrogen-bond donors (Lipinski definition) is 5. The van der Waals surface area contributed by atoms with Gasteiger partial charge >= 0.3 is 6.01 Å². The second-order valence-corrected chi connectivity index (χ2v) is 19.8. The summed E-state index contributed by atoms with van der Waals surface area (Å²) >= 11 is 0. The maximum absolute atomic E-state index is 13.6. The van der Waals surface area contributed by atoms with Crippen LogP contribution in [0.2, 0.25) is 0 Å². The van der Waals surface area contributed by atoms with Gasteiger partial charge in [-0.1, -0.05) is 54.8 Å². The largest absolute Gasteiger partial charge is 0.508 e. The van der Waals surface area contributed by atoms with Crippen LogP contribution in [0, 0.1) is 5.92 Å². The van der Waals surface area contributed by atoms with Crippen molar-refractivity contribution in [2.24, 2.45) is 5.92 Å². The molecule has 10 rings (SSSR count). The van der Waals surface area contributed by atoms with Crippen molar-refractivity contribution in [3.05, 3.63) is 95.2 Å². The van der Waals surface area contributed by atoms with Gasteiger partial charge in [-0.25, -0.2) is 9.55 Å². The highest BCUT2D eigenvalue weighted by Crippen LogP contribution is 2.38. The molecule has 3 fully saturated rings. The molecule has 72 heavy (non-hydrogen) atoms. The number of anilines is 3. The minimum atomic E-state index is -0.288. The maximum atomic E-state index is 13.6. The van der Waals surface area contributed by atoms with Crippen LogP contribution < -0.4 is 15.1 Å². The van der Waals surface area contributed by atoms with Crippen molar-refractivity contribution < 1.29 is 30.0 Å². The molecule has 0 radical (unpaired) electrons. The topological polar surface area (TPSA) is 203 Å². The Morgan fingerprint density at radius 1 is 0.750 bits per heavy atom. The number of nitrogens with one attached hydrogen (secondary N) is 1. The van der Waals surface area contributed by atoms with Crippen LogP contribution in [-0.2, 0) is 35.5 Å². The molecule has 4 aliphatic heterocycles. The summed E-state index contributed by atoms with van der Waals surface area (Å²) in [4.78, 5) is 49.3. The number of aromatic hydroxyl groups is 4. The van der Waals surface area contributed by atoms with E-state index in [2.05, 4.69) is 41.2 Å². The van der Waals surface area contributed by atoms with Gasteiger partial charge in [-0.2, -0.15) is 4.98 Å². The van der Waals surface area contributed by atoms with E-state index in [1.165, 1.54) is 10.6 Å². The number of rotatable bonds is 14. The number of piperidine rings is 1. The predicted molar refractivity (Wildman–Crippen MR) is 277 cm³/mol. The van der Waals surface area contributed by atoms with Crippen molar-refractivity contribution in [3.63, 3.8) is 0 Å². The van der Waals surface area contributed by atoms with Crippen molar-refractivity contribution in [2.45, 2.75) is 65.5 Å². The molecule has 3 saturated heterocycles. The van der Waals surface area contributed by atoms with Gasteiger partial charge in [0.2, 0.25) is 17.8 Å². The Hall–Kier alpha value is -7.18. The van der Waals surface area contributed by atoms with Crippen molar-refractivity contribution >= 4 is 40.0 Å². The first-order valence-corrected chi connectivity index (χ1v) is 25.6. The highest BCUT2D eigenvalue weighted by atomic mass is 16.3.